The summed E-state index contributed by atoms with van der Waals surface area (Å²) in [5.41, 5.74) is -3.24. The van der Waals surface area contributed by atoms with Gasteiger partial charge in [0.2, 0.25) is 0 Å². The van der Waals surface area contributed by atoms with Crippen molar-refractivity contribution in [3.8, 4) is 11.5 Å². The Hall–Kier alpha value is -4.22. The van der Waals surface area contributed by atoms with Gasteiger partial charge in [0, 0.05) is 17.5 Å². The molecule has 0 atom stereocenters. The molecule has 3 nitrogen and oxygen atoms in total. The minimum atomic E-state index is -5.39. The van der Waals surface area contributed by atoms with Gasteiger partial charge in [0.1, 0.15) is 28.7 Å². The summed E-state index contributed by atoms with van der Waals surface area (Å²) in [7, 11) is 0. The van der Waals surface area contributed by atoms with Gasteiger partial charge in [-0.15, -0.1) is 0 Å². The minimum Gasteiger partial charge on any atom is -0.429 e. The maximum Gasteiger partial charge on any atom is 0.426 e. The van der Waals surface area contributed by atoms with Gasteiger partial charge in [0.25, 0.3) is 0 Å². The Bertz CT molecular complexity index is 1520. The molecule has 0 aromatic heterocycles. The van der Waals surface area contributed by atoms with E-state index < -0.39 is 58.4 Å². The monoisotopic (exact) mass is 544 g/mol. The lowest BCUT2D eigenvalue weighted by Crippen LogP contribution is -2.22. The number of halogens is 9. The predicted octanol–water partition coefficient (Wildman–Crippen LogP) is 8.07. The van der Waals surface area contributed by atoms with Gasteiger partial charge in [-0.1, -0.05) is 6.07 Å². The zero-order valence-electron chi connectivity index (χ0n) is 18.9. The van der Waals surface area contributed by atoms with Gasteiger partial charge in [-0.3, -0.25) is 0 Å². The van der Waals surface area contributed by atoms with Crippen LogP contribution in [0.5, 0.6) is 11.5 Å². The first-order valence-electron chi connectivity index (χ1n) is 10.5. The van der Waals surface area contributed by atoms with Gasteiger partial charge >= 0.3 is 18.3 Å². The molecule has 4 aromatic carbocycles. The van der Waals surface area contributed by atoms with Crippen molar-refractivity contribution >= 4 is 16.7 Å². The van der Waals surface area contributed by atoms with E-state index in [4.69, 9.17) is 4.74 Å². The third kappa shape index (κ3) is 5.24. The normalized spacial score (nSPS) is 12.1. The second kappa shape index (κ2) is 9.58. The number of fused-ring (bicyclic) bond motifs is 1. The molecule has 0 amide bonds. The van der Waals surface area contributed by atoms with Crippen molar-refractivity contribution in [1.82, 2.24) is 0 Å². The van der Waals surface area contributed by atoms with E-state index >= 15 is 0 Å². The van der Waals surface area contributed by atoms with Crippen molar-refractivity contribution in [2.75, 3.05) is 0 Å². The van der Waals surface area contributed by atoms with Crippen LogP contribution in [0.3, 0.4) is 0 Å². The van der Waals surface area contributed by atoms with Gasteiger partial charge in [-0.25, -0.2) is 22.4 Å². The average Bonchev–Trinajstić information content (AvgIpc) is 2.81. The fourth-order valence-electron chi connectivity index (χ4n) is 3.56. The number of carbonyl (C=O) groups excluding carboxylic acids is 1. The van der Waals surface area contributed by atoms with Gasteiger partial charge in [0.15, 0.2) is 11.6 Å². The lowest BCUT2D eigenvalue weighted by atomic mass is 10.0. The van der Waals surface area contributed by atoms with Crippen molar-refractivity contribution in [3.63, 3.8) is 0 Å². The predicted molar refractivity (Wildman–Crippen MR) is 116 cm³/mol. The summed E-state index contributed by atoms with van der Waals surface area (Å²) in [4.78, 5) is 12.4. The molecule has 0 spiro atoms. The van der Waals surface area contributed by atoms with E-state index in [1.165, 1.54) is 25.1 Å². The van der Waals surface area contributed by atoms with Crippen LogP contribution in [0.15, 0.2) is 60.7 Å². The molecule has 0 N–H and O–H groups in total. The van der Waals surface area contributed by atoms with Gasteiger partial charge in [0.05, 0.1) is 11.1 Å². The molecule has 0 heterocycles. The maximum atomic E-state index is 14.5. The molecular formula is C26H13F9O3. The van der Waals surface area contributed by atoms with Crippen LogP contribution in [0.2, 0.25) is 0 Å². The van der Waals surface area contributed by atoms with Gasteiger partial charge in [-0.05, 0) is 60.3 Å². The molecule has 12 heteroatoms. The highest BCUT2D eigenvalue weighted by molar-refractivity contribution is 5.96. The first-order chi connectivity index (χ1) is 17.7. The number of aryl methyl sites for hydroxylation is 1. The molecule has 0 bridgehead atoms. The van der Waals surface area contributed by atoms with Crippen molar-refractivity contribution in [1.29, 1.82) is 0 Å². The number of hydrogen-bond donors (Lipinski definition) is 0. The lowest BCUT2D eigenvalue weighted by Gasteiger charge is -2.19. The Morgan fingerprint density at radius 3 is 1.92 bits per heavy atom. The molecule has 0 aliphatic heterocycles. The molecule has 38 heavy (non-hydrogen) atoms. The molecule has 0 aliphatic rings. The van der Waals surface area contributed by atoms with E-state index in [0.717, 1.165) is 30.3 Å². The number of ether oxygens (including phenoxy) is 2. The Kier molecular flexibility index (Phi) is 6.77. The van der Waals surface area contributed by atoms with E-state index in [-0.39, 0.29) is 34.4 Å². The van der Waals surface area contributed by atoms with Crippen LogP contribution in [-0.2, 0) is 12.3 Å². The number of rotatable bonds is 5. The second-order valence-electron chi connectivity index (χ2n) is 8.05. The topological polar surface area (TPSA) is 35.5 Å². The number of hydrogen-bond acceptors (Lipinski definition) is 3. The summed E-state index contributed by atoms with van der Waals surface area (Å²) in [5.74, 6) is -8.98. The van der Waals surface area contributed by atoms with Crippen molar-refractivity contribution < 1.29 is 53.8 Å². The maximum absolute atomic E-state index is 14.5. The quantitative estimate of drug-likeness (QED) is 0.145. The van der Waals surface area contributed by atoms with E-state index in [1.807, 2.05) is 0 Å². The number of esters is 1. The van der Waals surface area contributed by atoms with Crippen LogP contribution < -0.4 is 9.47 Å². The average molecular weight is 544 g/mol. The third-order valence-electron chi connectivity index (χ3n) is 5.38. The van der Waals surface area contributed by atoms with Crippen molar-refractivity contribution in [3.05, 3.63) is 106 Å². The Balaban J connectivity index is 1.51. The van der Waals surface area contributed by atoms with Crippen LogP contribution in [0.4, 0.5) is 39.5 Å². The van der Waals surface area contributed by atoms with Crippen molar-refractivity contribution in [2.24, 2.45) is 0 Å². The Labute approximate surface area is 208 Å². The molecule has 0 fully saturated rings. The van der Waals surface area contributed by atoms with Crippen LogP contribution in [0.1, 0.15) is 27.0 Å². The highest BCUT2D eigenvalue weighted by atomic mass is 19.4. The van der Waals surface area contributed by atoms with Crippen LogP contribution in [0.25, 0.3) is 10.8 Å². The molecule has 198 valence electrons. The summed E-state index contributed by atoms with van der Waals surface area (Å²) in [6, 6.07) is 8.35. The molecule has 0 unspecified atom stereocenters. The zero-order chi connectivity index (χ0) is 28.0. The Morgan fingerprint density at radius 1 is 0.737 bits per heavy atom. The molecular weight excluding hydrogens is 531 g/mol. The lowest BCUT2D eigenvalue weighted by molar-refractivity contribution is -0.185. The fraction of sp³-hybridized carbons (Fsp3) is 0.115. The first kappa shape index (κ1) is 26.8. The molecule has 4 rings (SSSR count). The SMILES string of the molecule is Cc1cc2ccc(C(=O)Oc3ccc(C(F)(F)Oc4cc(F)c(C(F)(F)F)c(F)c4)cc3)cc2c(F)c1F. The van der Waals surface area contributed by atoms with Crippen LogP contribution in [0, 0.1) is 30.2 Å². The van der Waals surface area contributed by atoms with Gasteiger partial charge in [-0.2, -0.15) is 22.0 Å². The molecule has 0 aliphatic carbocycles. The molecule has 0 saturated carbocycles. The zero-order valence-corrected chi connectivity index (χ0v) is 18.9. The van der Waals surface area contributed by atoms with E-state index in [9.17, 15) is 44.3 Å². The first-order valence-corrected chi connectivity index (χ1v) is 10.5. The second-order valence-corrected chi connectivity index (χ2v) is 8.05. The van der Waals surface area contributed by atoms with E-state index in [1.54, 1.807) is 0 Å². The van der Waals surface area contributed by atoms with Crippen LogP contribution >= 0.6 is 0 Å². The largest absolute Gasteiger partial charge is 0.429 e. The Morgan fingerprint density at radius 2 is 1.34 bits per heavy atom. The highest BCUT2D eigenvalue weighted by Crippen LogP contribution is 2.38. The molecule has 0 radical (unpaired) electrons. The summed E-state index contributed by atoms with van der Waals surface area (Å²) < 4.78 is 132. The summed E-state index contributed by atoms with van der Waals surface area (Å²) in [5, 5.41) is 0.156. The summed E-state index contributed by atoms with van der Waals surface area (Å²) in [6.07, 6.45) is -9.64. The molecule has 4 aromatic rings. The highest BCUT2D eigenvalue weighted by Gasteiger charge is 2.40. The summed E-state index contributed by atoms with van der Waals surface area (Å²) >= 11 is 0. The fourth-order valence-corrected chi connectivity index (χ4v) is 3.56. The number of benzene rings is 4. The number of alkyl halides is 5. The van der Waals surface area contributed by atoms with E-state index in [2.05, 4.69) is 4.74 Å². The standard InChI is InChI=1S/C26H13F9O3/c1-12-8-13-2-3-14(9-18(13)23(30)22(12)29)24(36)37-16-6-4-15(5-7-16)26(34,35)38-17-10-19(27)21(20(28)11-17)25(31,32)33/h2-11H,1H3. The van der Waals surface area contributed by atoms with Gasteiger partial charge < -0.3 is 9.47 Å². The summed E-state index contributed by atoms with van der Waals surface area (Å²) in [6.45, 7) is 1.37. The van der Waals surface area contributed by atoms with Crippen molar-refractivity contribution in [2.45, 2.75) is 19.2 Å². The third-order valence-corrected chi connectivity index (χ3v) is 5.38. The minimum absolute atomic E-state index is 0.0322. The molecule has 0 saturated heterocycles. The van der Waals surface area contributed by atoms with E-state index in [0.29, 0.717) is 5.39 Å². The van der Waals surface area contributed by atoms with Crippen LogP contribution in [-0.4, -0.2) is 5.97 Å². The smallest absolute Gasteiger partial charge is 0.426 e. The number of carbonyl (C=O) groups is 1.